The van der Waals surface area contributed by atoms with Gasteiger partial charge in [0.2, 0.25) is 6.41 Å². The monoisotopic (exact) mass is 203 g/mol. The molecule has 0 aromatic rings. The zero-order valence-electron chi connectivity index (χ0n) is 9.20. The third-order valence-corrected chi connectivity index (χ3v) is 2.41. The smallest absolute Gasteiger partial charge is 0.388 e. The number of quaternary nitrogens is 1. The van der Waals surface area contributed by atoms with Crippen LogP contribution >= 0.6 is 0 Å². The van der Waals surface area contributed by atoms with Gasteiger partial charge < -0.3 is 5.11 Å². The summed E-state index contributed by atoms with van der Waals surface area (Å²) in [6, 6.07) is 0. The molecule has 0 fully saturated rings. The van der Waals surface area contributed by atoms with Crippen LogP contribution in [0.4, 0.5) is 0 Å². The second kappa shape index (κ2) is 4.41. The lowest BCUT2D eigenvalue weighted by Crippen LogP contribution is -2.69. The van der Waals surface area contributed by atoms with Gasteiger partial charge in [0, 0.05) is 6.42 Å². The molecular formula is C9H19N2O3+. The fraction of sp³-hybridized carbons (Fsp3) is 0.778. The molecule has 0 saturated carbocycles. The Balaban J connectivity index is 5.14. The van der Waals surface area contributed by atoms with Gasteiger partial charge >= 0.3 is 5.97 Å². The van der Waals surface area contributed by atoms with Crippen LogP contribution < -0.4 is 5.32 Å². The lowest BCUT2D eigenvalue weighted by Gasteiger charge is -2.41. The van der Waals surface area contributed by atoms with E-state index in [-0.39, 0.29) is 4.48 Å². The first kappa shape index (κ1) is 12.9. The number of nitrogens with zero attached hydrogens (tertiary/aromatic N) is 1. The molecule has 0 aromatic heterocycles. The molecule has 0 heterocycles. The molecule has 2 N–H and O–H groups in total. The van der Waals surface area contributed by atoms with E-state index in [1.807, 2.05) is 6.92 Å². The van der Waals surface area contributed by atoms with Gasteiger partial charge in [0.1, 0.15) is 0 Å². The number of hydrogen-bond donors (Lipinski definition) is 2. The number of nitrogens with one attached hydrogen (secondary N) is 1. The maximum atomic E-state index is 11.2. The lowest BCUT2D eigenvalue weighted by molar-refractivity contribution is -0.917. The highest BCUT2D eigenvalue weighted by Gasteiger charge is 2.49. The van der Waals surface area contributed by atoms with E-state index in [1.54, 1.807) is 21.1 Å². The summed E-state index contributed by atoms with van der Waals surface area (Å²) in [5.74, 6) is -1.00. The molecule has 82 valence electrons. The van der Waals surface area contributed by atoms with E-state index < -0.39 is 11.6 Å². The summed E-state index contributed by atoms with van der Waals surface area (Å²) in [7, 11) is 5.25. The van der Waals surface area contributed by atoms with Gasteiger partial charge in [0.25, 0.3) is 5.66 Å². The molecule has 0 aliphatic carbocycles. The second-order valence-electron chi connectivity index (χ2n) is 4.19. The van der Waals surface area contributed by atoms with Gasteiger partial charge in [-0.2, -0.15) is 0 Å². The maximum absolute atomic E-state index is 11.2. The molecule has 0 bridgehead atoms. The van der Waals surface area contributed by atoms with Gasteiger partial charge in [-0.05, 0) is 6.42 Å². The van der Waals surface area contributed by atoms with Gasteiger partial charge in [-0.1, -0.05) is 6.92 Å². The normalized spacial score (nSPS) is 15.7. The third kappa shape index (κ3) is 2.23. The predicted molar refractivity (Wildman–Crippen MR) is 52.5 cm³/mol. The van der Waals surface area contributed by atoms with Crippen molar-refractivity contribution >= 4 is 12.4 Å². The molecule has 0 saturated heterocycles. The standard InChI is InChI=1S/C9H18N2O3/c1-5-6-9(8(13)14,10-7-12)11(2,3)4/h7H,5-6H2,1-4H3,(H-,10,12,13,14)/p+1. The van der Waals surface area contributed by atoms with Crippen LogP contribution in [0.2, 0.25) is 0 Å². The highest BCUT2D eigenvalue weighted by atomic mass is 16.4. The highest BCUT2D eigenvalue weighted by molar-refractivity contribution is 5.79. The number of likely N-dealkylation sites (N-methyl/N-ethyl adjacent to an activating group) is 1. The quantitative estimate of drug-likeness (QED) is 0.363. The van der Waals surface area contributed by atoms with Crippen molar-refractivity contribution in [3.8, 4) is 0 Å². The van der Waals surface area contributed by atoms with Crippen molar-refractivity contribution in [1.82, 2.24) is 5.32 Å². The number of carboxylic acid groups (broad SMARTS) is 1. The lowest BCUT2D eigenvalue weighted by atomic mass is 10.0. The Morgan fingerprint density at radius 3 is 2.21 bits per heavy atom. The average molecular weight is 203 g/mol. The first-order valence-corrected chi connectivity index (χ1v) is 4.58. The highest BCUT2D eigenvalue weighted by Crippen LogP contribution is 2.21. The number of hydrogen-bond acceptors (Lipinski definition) is 2. The molecule has 14 heavy (non-hydrogen) atoms. The van der Waals surface area contributed by atoms with E-state index in [1.165, 1.54) is 0 Å². The van der Waals surface area contributed by atoms with Crippen LogP contribution in [0.1, 0.15) is 19.8 Å². The molecule has 1 unspecified atom stereocenters. The average Bonchev–Trinajstić information content (AvgIpc) is 2.01. The summed E-state index contributed by atoms with van der Waals surface area (Å²) in [6.07, 6.45) is 1.56. The van der Waals surface area contributed by atoms with E-state index in [9.17, 15) is 14.7 Å². The van der Waals surface area contributed by atoms with Crippen LogP contribution in [0.25, 0.3) is 0 Å². The van der Waals surface area contributed by atoms with Gasteiger partial charge in [0.05, 0.1) is 21.1 Å². The third-order valence-electron chi connectivity index (χ3n) is 2.41. The van der Waals surface area contributed by atoms with Gasteiger partial charge in [-0.3, -0.25) is 14.6 Å². The number of aliphatic carboxylic acids is 1. The van der Waals surface area contributed by atoms with Crippen molar-refractivity contribution in [2.75, 3.05) is 21.1 Å². The Morgan fingerprint density at radius 1 is 1.50 bits per heavy atom. The molecule has 0 rings (SSSR count). The first-order chi connectivity index (χ1) is 6.31. The number of carbonyl (C=O) groups excluding carboxylic acids is 1. The van der Waals surface area contributed by atoms with E-state index in [4.69, 9.17) is 0 Å². The Labute approximate surface area is 84.3 Å². The van der Waals surface area contributed by atoms with Crippen LogP contribution in [-0.4, -0.2) is 48.8 Å². The van der Waals surface area contributed by atoms with Crippen molar-refractivity contribution in [3.05, 3.63) is 0 Å². The molecule has 0 spiro atoms. The minimum atomic E-state index is -1.23. The Bertz CT molecular complexity index is 223. The van der Waals surface area contributed by atoms with Crippen LogP contribution in [-0.2, 0) is 9.59 Å². The number of carboxylic acids is 1. The zero-order valence-corrected chi connectivity index (χ0v) is 9.20. The molecule has 1 atom stereocenters. The summed E-state index contributed by atoms with van der Waals surface area (Å²) < 4.78 is 0.162. The van der Waals surface area contributed by atoms with Crippen LogP contribution in [0, 0.1) is 0 Å². The van der Waals surface area contributed by atoms with Gasteiger partial charge in [-0.15, -0.1) is 0 Å². The minimum Gasteiger partial charge on any atom is -0.475 e. The minimum absolute atomic E-state index is 0.162. The number of rotatable bonds is 6. The van der Waals surface area contributed by atoms with Crippen molar-refractivity contribution in [2.24, 2.45) is 0 Å². The van der Waals surface area contributed by atoms with Crippen molar-refractivity contribution in [2.45, 2.75) is 25.4 Å². The Morgan fingerprint density at radius 2 is 2.00 bits per heavy atom. The number of carbonyl (C=O) groups is 2. The first-order valence-electron chi connectivity index (χ1n) is 4.58. The van der Waals surface area contributed by atoms with E-state index in [0.29, 0.717) is 19.3 Å². The predicted octanol–water partition coefficient (Wildman–Crippen LogP) is 0.0196. The fourth-order valence-corrected chi connectivity index (χ4v) is 1.52. The van der Waals surface area contributed by atoms with Crippen molar-refractivity contribution in [1.29, 1.82) is 0 Å². The molecular weight excluding hydrogens is 184 g/mol. The molecule has 0 aliphatic rings. The maximum Gasteiger partial charge on any atom is 0.388 e. The van der Waals surface area contributed by atoms with Gasteiger partial charge in [-0.25, -0.2) is 4.79 Å². The Kier molecular flexibility index (Phi) is 4.07. The van der Waals surface area contributed by atoms with Crippen LogP contribution in [0.3, 0.4) is 0 Å². The SMILES string of the molecule is CCCC(NC=O)(C(=O)O)[N+](C)(C)C. The largest absolute Gasteiger partial charge is 0.475 e. The molecule has 5 heteroatoms. The summed E-state index contributed by atoms with van der Waals surface area (Å²) in [4.78, 5) is 21.7. The number of amides is 1. The van der Waals surface area contributed by atoms with Crippen LogP contribution in [0.5, 0.6) is 0 Å². The molecule has 1 amide bonds. The summed E-state index contributed by atoms with van der Waals surface area (Å²) in [6.45, 7) is 1.89. The molecule has 0 aromatic carbocycles. The van der Waals surface area contributed by atoms with E-state index in [2.05, 4.69) is 5.32 Å². The summed E-state index contributed by atoms with van der Waals surface area (Å²) in [5.41, 5.74) is -1.23. The summed E-state index contributed by atoms with van der Waals surface area (Å²) in [5, 5.41) is 11.6. The van der Waals surface area contributed by atoms with E-state index in [0.717, 1.165) is 0 Å². The molecule has 0 radical (unpaired) electrons. The van der Waals surface area contributed by atoms with E-state index >= 15 is 0 Å². The summed E-state index contributed by atoms with van der Waals surface area (Å²) >= 11 is 0. The topological polar surface area (TPSA) is 66.4 Å². The fourth-order valence-electron chi connectivity index (χ4n) is 1.52. The molecule has 5 nitrogen and oxygen atoms in total. The van der Waals surface area contributed by atoms with Crippen LogP contribution in [0.15, 0.2) is 0 Å². The Hall–Kier alpha value is -1.10. The molecule has 0 aliphatic heterocycles. The van der Waals surface area contributed by atoms with Crippen molar-refractivity contribution in [3.63, 3.8) is 0 Å². The van der Waals surface area contributed by atoms with Crippen molar-refractivity contribution < 1.29 is 19.2 Å². The van der Waals surface area contributed by atoms with Gasteiger partial charge in [0.15, 0.2) is 0 Å². The second-order valence-corrected chi connectivity index (χ2v) is 4.19. The zero-order chi connectivity index (χ0) is 11.4.